The second-order valence-corrected chi connectivity index (χ2v) is 7.71. The summed E-state index contributed by atoms with van der Waals surface area (Å²) >= 11 is 4.56. The maximum absolute atomic E-state index is 12.6. The molecule has 2 amide bonds. The van der Waals surface area contributed by atoms with Gasteiger partial charge in [-0.2, -0.15) is 5.26 Å². The zero-order chi connectivity index (χ0) is 18.7. The van der Waals surface area contributed by atoms with Crippen molar-refractivity contribution >= 4 is 45.2 Å². The Hall–Kier alpha value is -2.50. The number of amides is 2. The molecule has 1 aromatic carbocycles. The minimum Gasteiger partial charge on any atom is -0.467 e. The number of hydrogen-bond acceptors (Lipinski definition) is 5. The molecule has 2 heterocycles. The molecule has 1 N–H and O–H groups in total. The van der Waals surface area contributed by atoms with Crippen LogP contribution in [0.15, 0.2) is 62.2 Å². The van der Waals surface area contributed by atoms with E-state index in [9.17, 15) is 14.9 Å². The first kappa shape index (κ1) is 18.3. The first-order chi connectivity index (χ1) is 12.5. The zero-order valence-corrected chi connectivity index (χ0v) is 16.1. The summed E-state index contributed by atoms with van der Waals surface area (Å²) < 4.78 is 6.04. The first-order valence-corrected chi connectivity index (χ1v) is 9.39. The Morgan fingerprint density at radius 1 is 1.38 bits per heavy atom. The maximum Gasteiger partial charge on any atom is 0.265 e. The van der Waals surface area contributed by atoms with Crippen LogP contribution in [0.4, 0.5) is 5.69 Å². The van der Waals surface area contributed by atoms with Gasteiger partial charge in [0.25, 0.3) is 5.91 Å². The number of nitrogens with one attached hydrogen (secondary N) is 1. The van der Waals surface area contributed by atoms with Crippen LogP contribution in [0, 0.1) is 11.3 Å². The van der Waals surface area contributed by atoms with Gasteiger partial charge in [-0.25, -0.2) is 0 Å². The smallest absolute Gasteiger partial charge is 0.265 e. The second kappa shape index (κ2) is 7.81. The van der Waals surface area contributed by atoms with Crippen LogP contribution in [-0.4, -0.2) is 17.1 Å². The lowest BCUT2D eigenvalue weighted by molar-refractivity contribution is -0.117. The molecule has 1 aliphatic heterocycles. The summed E-state index contributed by atoms with van der Waals surface area (Å²) in [5.41, 5.74) is 0.513. The number of anilines is 1. The first-order valence-electron chi connectivity index (χ1n) is 7.72. The lowest BCUT2D eigenvalue weighted by Crippen LogP contribution is -2.30. The standard InChI is InChI=1S/C18H14BrN3O3S/c1-11-17(24)22(13-6-4-12(19)5-7-13)18(26-11)15(9-20)16(23)21-10-14-3-2-8-25-14/h2-8,11H,10H2,1H3,(H,21,23)/b18-15+/t11-/m1/s1. The summed E-state index contributed by atoms with van der Waals surface area (Å²) in [5.74, 6) is -0.136. The fourth-order valence-electron chi connectivity index (χ4n) is 2.42. The van der Waals surface area contributed by atoms with Gasteiger partial charge in [-0.15, -0.1) is 0 Å². The van der Waals surface area contributed by atoms with Crippen molar-refractivity contribution in [3.63, 3.8) is 0 Å². The van der Waals surface area contributed by atoms with Crippen LogP contribution in [0.2, 0.25) is 0 Å². The van der Waals surface area contributed by atoms with Crippen molar-refractivity contribution in [2.24, 2.45) is 0 Å². The topological polar surface area (TPSA) is 86.3 Å². The van der Waals surface area contributed by atoms with Gasteiger partial charge in [0.2, 0.25) is 5.91 Å². The Morgan fingerprint density at radius 2 is 2.12 bits per heavy atom. The monoisotopic (exact) mass is 431 g/mol. The molecule has 3 rings (SSSR count). The van der Waals surface area contributed by atoms with Gasteiger partial charge in [0, 0.05) is 10.2 Å². The van der Waals surface area contributed by atoms with Gasteiger partial charge in [0.1, 0.15) is 22.4 Å². The SMILES string of the molecule is C[C@H]1S/C(=C(\C#N)C(=O)NCc2ccco2)N(c2ccc(Br)cc2)C1=O. The highest BCUT2D eigenvalue weighted by Crippen LogP contribution is 2.40. The molecular weight excluding hydrogens is 418 g/mol. The van der Waals surface area contributed by atoms with E-state index in [2.05, 4.69) is 21.2 Å². The molecule has 0 bridgehead atoms. The van der Waals surface area contributed by atoms with E-state index in [1.54, 1.807) is 43.3 Å². The van der Waals surface area contributed by atoms with Crippen molar-refractivity contribution in [3.05, 3.63) is 63.5 Å². The molecule has 0 aliphatic carbocycles. The van der Waals surface area contributed by atoms with Gasteiger partial charge in [-0.1, -0.05) is 27.7 Å². The molecule has 2 aromatic rings. The van der Waals surface area contributed by atoms with Crippen LogP contribution in [0.25, 0.3) is 0 Å². The Kier molecular flexibility index (Phi) is 5.49. The largest absolute Gasteiger partial charge is 0.467 e. The number of rotatable bonds is 4. The minimum absolute atomic E-state index is 0.0952. The average Bonchev–Trinajstić information content (AvgIpc) is 3.24. The summed E-state index contributed by atoms with van der Waals surface area (Å²) in [5, 5.41) is 12.2. The molecule has 1 aromatic heterocycles. The second-order valence-electron chi connectivity index (χ2n) is 5.46. The summed E-state index contributed by atoms with van der Waals surface area (Å²) in [6.45, 7) is 1.92. The number of nitrogens with zero attached hydrogens (tertiary/aromatic N) is 2. The molecule has 1 fully saturated rings. The Balaban J connectivity index is 1.92. The molecule has 0 spiro atoms. The van der Waals surface area contributed by atoms with Crippen LogP contribution < -0.4 is 10.2 Å². The molecule has 1 saturated heterocycles. The Morgan fingerprint density at radius 3 is 2.73 bits per heavy atom. The van der Waals surface area contributed by atoms with Gasteiger partial charge in [-0.3, -0.25) is 14.5 Å². The zero-order valence-electron chi connectivity index (χ0n) is 13.7. The molecule has 8 heteroatoms. The minimum atomic E-state index is -0.546. The van der Waals surface area contributed by atoms with Crippen molar-refractivity contribution in [1.29, 1.82) is 5.26 Å². The molecule has 0 saturated carbocycles. The number of hydrogen-bond donors (Lipinski definition) is 1. The Bertz CT molecular complexity index is 901. The molecule has 1 atom stereocenters. The number of halogens is 1. The molecular formula is C18H14BrN3O3S. The third-order valence-corrected chi connectivity index (χ3v) is 5.39. The van der Waals surface area contributed by atoms with E-state index in [0.29, 0.717) is 16.5 Å². The third-order valence-electron chi connectivity index (χ3n) is 3.70. The lowest BCUT2D eigenvalue weighted by Gasteiger charge is -2.18. The quantitative estimate of drug-likeness (QED) is 0.590. The summed E-state index contributed by atoms with van der Waals surface area (Å²) in [4.78, 5) is 26.5. The fourth-order valence-corrected chi connectivity index (χ4v) is 3.78. The van der Waals surface area contributed by atoms with Gasteiger partial charge < -0.3 is 9.73 Å². The van der Waals surface area contributed by atoms with E-state index in [4.69, 9.17) is 4.42 Å². The number of carbonyl (C=O) groups excluding carboxylic acids is 2. The van der Waals surface area contributed by atoms with Crippen LogP contribution in [0.3, 0.4) is 0 Å². The fraction of sp³-hybridized carbons (Fsp3) is 0.167. The number of benzene rings is 1. The summed E-state index contributed by atoms with van der Waals surface area (Å²) in [7, 11) is 0. The van der Waals surface area contributed by atoms with E-state index < -0.39 is 5.91 Å². The van der Waals surface area contributed by atoms with Crippen molar-refractivity contribution in [2.45, 2.75) is 18.7 Å². The molecule has 6 nitrogen and oxygen atoms in total. The van der Waals surface area contributed by atoms with Gasteiger partial charge >= 0.3 is 0 Å². The lowest BCUT2D eigenvalue weighted by atomic mass is 10.2. The maximum atomic E-state index is 12.6. The predicted molar refractivity (Wildman–Crippen MR) is 102 cm³/mol. The number of carbonyl (C=O) groups is 2. The van der Waals surface area contributed by atoms with Gasteiger partial charge in [0.15, 0.2) is 0 Å². The third kappa shape index (κ3) is 3.69. The van der Waals surface area contributed by atoms with Crippen LogP contribution >= 0.6 is 27.7 Å². The van der Waals surface area contributed by atoms with E-state index in [1.807, 2.05) is 6.07 Å². The normalized spacial score (nSPS) is 18.6. The van der Waals surface area contributed by atoms with Crippen molar-refractivity contribution < 1.29 is 14.0 Å². The molecule has 0 radical (unpaired) electrons. The van der Waals surface area contributed by atoms with E-state index in [0.717, 1.165) is 4.47 Å². The highest BCUT2D eigenvalue weighted by Gasteiger charge is 2.38. The average molecular weight is 432 g/mol. The highest BCUT2D eigenvalue weighted by molar-refractivity contribution is 9.10. The van der Waals surface area contributed by atoms with Crippen molar-refractivity contribution in [3.8, 4) is 6.07 Å². The van der Waals surface area contributed by atoms with E-state index >= 15 is 0 Å². The van der Waals surface area contributed by atoms with Crippen molar-refractivity contribution in [1.82, 2.24) is 5.32 Å². The van der Waals surface area contributed by atoms with Gasteiger partial charge in [0.05, 0.1) is 18.1 Å². The van der Waals surface area contributed by atoms with E-state index in [-0.39, 0.29) is 23.3 Å². The highest BCUT2D eigenvalue weighted by atomic mass is 79.9. The molecule has 0 unspecified atom stereocenters. The van der Waals surface area contributed by atoms with Crippen LogP contribution in [0.5, 0.6) is 0 Å². The van der Waals surface area contributed by atoms with E-state index in [1.165, 1.54) is 22.9 Å². The van der Waals surface area contributed by atoms with Crippen LogP contribution in [0.1, 0.15) is 12.7 Å². The molecule has 26 heavy (non-hydrogen) atoms. The van der Waals surface area contributed by atoms with Gasteiger partial charge in [-0.05, 0) is 43.3 Å². The molecule has 1 aliphatic rings. The van der Waals surface area contributed by atoms with Crippen LogP contribution in [-0.2, 0) is 16.1 Å². The number of nitriles is 1. The van der Waals surface area contributed by atoms with Crippen molar-refractivity contribution in [2.75, 3.05) is 4.90 Å². The Labute approximate surface area is 163 Å². The predicted octanol–water partition coefficient (Wildman–Crippen LogP) is 3.56. The summed E-state index contributed by atoms with van der Waals surface area (Å²) in [6, 6.07) is 12.5. The molecule has 132 valence electrons. The number of furan rings is 1. The summed E-state index contributed by atoms with van der Waals surface area (Å²) in [6.07, 6.45) is 1.51. The number of thioether (sulfide) groups is 1.